The molecule has 0 atom stereocenters. The minimum absolute atomic E-state index is 0.000501. The standard InChI is InChI=1S/C14H13N3O3S/c1-8-2-3-21-13(8)7-15-11-6-10-9(5-14(18)16-10)4-12(11)17(19)20/h2-4,6,15H,5,7H2,1H3,(H,16,18). The third-order valence-corrected chi connectivity index (χ3v) is 4.47. The molecule has 1 amide bonds. The third-order valence-electron chi connectivity index (χ3n) is 3.45. The van der Waals surface area contributed by atoms with E-state index in [2.05, 4.69) is 10.6 Å². The maximum absolute atomic E-state index is 11.4. The average molecular weight is 303 g/mol. The lowest BCUT2D eigenvalue weighted by Gasteiger charge is -2.09. The third kappa shape index (κ3) is 2.59. The molecule has 7 heteroatoms. The molecule has 0 saturated carbocycles. The Balaban J connectivity index is 1.90. The SMILES string of the molecule is Cc1ccsc1CNc1cc2c(cc1[N+](=O)[O-])CC(=O)N2. The number of hydrogen-bond donors (Lipinski definition) is 2. The summed E-state index contributed by atoms with van der Waals surface area (Å²) >= 11 is 1.61. The van der Waals surface area contributed by atoms with Gasteiger partial charge < -0.3 is 10.6 Å². The van der Waals surface area contributed by atoms with Crippen molar-refractivity contribution in [3.05, 3.63) is 49.7 Å². The number of nitro groups is 1. The van der Waals surface area contributed by atoms with Crippen molar-refractivity contribution in [2.75, 3.05) is 10.6 Å². The zero-order chi connectivity index (χ0) is 15.0. The summed E-state index contributed by atoms with van der Waals surface area (Å²) in [5.41, 5.74) is 2.90. The van der Waals surface area contributed by atoms with E-state index in [1.54, 1.807) is 17.4 Å². The number of thiophene rings is 1. The molecule has 21 heavy (non-hydrogen) atoms. The van der Waals surface area contributed by atoms with Gasteiger partial charge in [-0.3, -0.25) is 14.9 Å². The molecule has 2 N–H and O–H groups in total. The fraction of sp³-hybridized carbons (Fsp3) is 0.214. The molecule has 2 aromatic rings. The summed E-state index contributed by atoms with van der Waals surface area (Å²) in [5.74, 6) is -0.134. The van der Waals surface area contributed by atoms with Crippen molar-refractivity contribution in [1.29, 1.82) is 0 Å². The van der Waals surface area contributed by atoms with Crippen LogP contribution in [0, 0.1) is 17.0 Å². The molecule has 1 aliphatic rings. The Bertz CT molecular complexity index is 739. The van der Waals surface area contributed by atoms with E-state index in [1.165, 1.54) is 6.07 Å². The van der Waals surface area contributed by atoms with Crippen LogP contribution in [0.5, 0.6) is 0 Å². The molecule has 0 saturated heterocycles. The smallest absolute Gasteiger partial charge is 0.292 e. The lowest BCUT2D eigenvalue weighted by molar-refractivity contribution is -0.384. The number of nitro benzene ring substituents is 1. The highest BCUT2D eigenvalue weighted by Crippen LogP contribution is 2.35. The lowest BCUT2D eigenvalue weighted by atomic mass is 10.1. The molecule has 1 aliphatic heterocycles. The average Bonchev–Trinajstić information content (AvgIpc) is 2.99. The summed E-state index contributed by atoms with van der Waals surface area (Å²) < 4.78 is 0. The van der Waals surface area contributed by atoms with Gasteiger partial charge in [0.15, 0.2) is 0 Å². The van der Waals surface area contributed by atoms with Crippen LogP contribution in [0.4, 0.5) is 17.1 Å². The summed E-state index contributed by atoms with van der Waals surface area (Å²) in [6.45, 7) is 2.53. The highest BCUT2D eigenvalue weighted by Gasteiger charge is 2.24. The molecule has 0 radical (unpaired) electrons. The number of nitrogens with zero attached hydrogens (tertiary/aromatic N) is 1. The van der Waals surface area contributed by atoms with Crippen LogP contribution in [-0.2, 0) is 17.8 Å². The number of aryl methyl sites for hydroxylation is 1. The minimum Gasteiger partial charge on any atom is -0.375 e. The predicted molar refractivity (Wildman–Crippen MR) is 81.8 cm³/mol. The van der Waals surface area contributed by atoms with Crippen LogP contribution in [0.2, 0.25) is 0 Å². The van der Waals surface area contributed by atoms with Crippen LogP contribution in [0.25, 0.3) is 0 Å². The van der Waals surface area contributed by atoms with E-state index in [-0.39, 0.29) is 18.0 Å². The Morgan fingerprint density at radius 2 is 2.29 bits per heavy atom. The highest BCUT2D eigenvalue weighted by atomic mass is 32.1. The number of carbonyl (C=O) groups is 1. The fourth-order valence-electron chi connectivity index (χ4n) is 2.31. The number of rotatable bonds is 4. The Labute approximate surface area is 124 Å². The number of anilines is 2. The second-order valence-electron chi connectivity index (χ2n) is 4.89. The number of amides is 1. The van der Waals surface area contributed by atoms with Gasteiger partial charge in [-0.05, 0) is 35.6 Å². The maximum atomic E-state index is 11.4. The Hall–Kier alpha value is -2.41. The number of carbonyl (C=O) groups excluding carboxylic acids is 1. The lowest BCUT2D eigenvalue weighted by Crippen LogP contribution is -2.04. The van der Waals surface area contributed by atoms with Gasteiger partial charge in [-0.1, -0.05) is 0 Å². The van der Waals surface area contributed by atoms with Gasteiger partial charge in [-0.25, -0.2) is 0 Å². The van der Waals surface area contributed by atoms with Crippen molar-refractivity contribution >= 4 is 34.3 Å². The summed E-state index contributed by atoms with van der Waals surface area (Å²) in [4.78, 5) is 23.3. The normalized spacial score (nSPS) is 12.9. The van der Waals surface area contributed by atoms with Crippen molar-refractivity contribution in [2.24, 2.45) is 0 Å². The number of fused-ring (bicyclic) bond motifs is 1. The first-order chi connectivity index (χ1) is 10.0. The van der Waals surface area contributed by atoms with Gasteiger partial charge in [-0.15, -0.1) is 11.3 Å². The van der Waals surface area contributed by atoms with Gasteiger partial charge in [0.1, 0.15) is 5.69 Å². The van der Waals surface area contributed by atoms with Gasteiger partial charge in [-0.2, -0.15) is 0 Å². The van der Waals surface area contributed by atoms with E-state index in [0.717, 1.165) is 10.4 Å². The first-order valence-corrected chi connectivity index (χ1v) is 7.30. The van der Waals surface area contributed by atoms with Crippen molar-refractivity contribution in [3.63, 3.8) is 0 Å². The van der Waals surface area contributed by atoms with E-state index in [9.17, 15) is 14.9 Å². The molecule has 3 rings (SSSR count). The number of benzene rings is 1. The molecule has 0 unspecified atom stereocenters. The van der Waals surface area contributed by atoms with E-state index >= 15 is 0 Å². The molecular weight excluding hydrogens is 290 g/mol. The van der Waals surface area contributed by atoms with Crippen LogP contribution in [0.1, 0.15) is 16.0 Å². The summed E-state index contributed by atoms with van der Waals surface area (Å²) in [7, 11) is 0. The topological polar surface area (TPSA) is 84.3 Å². The van der Waals surface area contributed by atoms with Crippen LogP contribution in [0.3, 0.4) is 0 Å². The second-order valence-corrected chi connectivity index (χ2v) is 5.89. The zero-order valence-electron chi connectivity index (χ0n) is 11.3. The molecule has 0 spiro atoms. The minimum atomic E-state index is -0.424. The molecule has 0 aliphatic carbocycles. The largest absolute Gasteiger partial charge is 0.375 e. The Morgan fingerprint density at radius 1 is 1.48 bits per heavy atom. The van der Waals surface area contributed by atoms with Gasteiger partial charge in [0.2, 0.25) is 5.91 Å². The summed E-state index contributed by atoms with van der Waals surface area (Å²) in [6, 6.07) is 5.12. The van der Waals surface area contributed by atoms with Crippen LogP contribution in [-0.4, -0.2) is 10.8 Å². The summed E-state index contributed by atoms with van der Waals surface area (Å²) in [6.07, 6.45) is 0.195. The first-order valence-electron chi connectivity index (χ1n) is 6.42. The highest BCUT2D eigenvalue weighted by molar-refractivity contribution is 7.10. The van der Waals surface area contributed by atoms with Crippen molar-refractivity contribution < 1.29 is 9.72 Å². The second kappa shape index (κ2) is 5.17. The molecule has 2 heterocycles. The first kappa shape index (κ1) is 13.6. The predicted octanol–water partition coefficient (Wildman–Crippen LogP) is 3.07. The van der Waals surface area contributed by atoms with E-state index < -0.39 is 4.92 Å². The van der Waals surface area contributed by atoms with Crippen LogP contribution >= 0.6 is 11.3 Å². The van der Waals surface area contributed by atoms with E-state index in [4.69, 9.17) is 0 Å². The van der Waals surface area contributed by atoms with E-state index in [1.807, 2.05) is 18.4 Å². The monoisotopic (exact) mass is 303 g/mol. The number of hydrogen-bond acceptors (Lipinski definition) is 5. The number of nitrogens with one attached hydrogen (secondary N) is 2. The molecule has 108 valence electrons. The fourth-order valence-corrected chi connectivity index (χ4v) is 3.16. The van der Waals surface area contributed by atoms with Crippen molar-refractivity contribution in [2.45, 2.75) is 19.9 Å². The van der Waals surface area contributed by atoms with Crippen molar-refractivity contribution in [1.82, 2.24) is 0 Å². The maximum Gasteiger partial charge on any atom is 0.292 e. The zero-order valence-corrected chi connectivity index (χ0v) is 12.1. The van der Waals surface area contributed by atoms with Gasteiger partial charge in [0, 0.05) is 23.2 Å². The Morgan fingerprint density at radius 3 is 2.95 bits per heavy atom. The molecule has 1 aromatic carbocycles. The van der Waals surface area contributed by atoms with Crippen LogP contribution in [0.15, 0.2) is 23.6 Å². The van der Waals surface area contributed by atoms with Crippen LogP contribution < -0.4 is 10.6 Å². The van der Waals surface area contributed by atoms with Gasteiger partial charge in [0.25, 0.3) is 5.69 Å². The molecule has 1 aromatic heterocycles. The van der Waals surface area contributed by atoms with Gasteiger partial charge >= 0.3 is 0 Å². The quantitative estimate of drug-likeness (QED) is 0.671. The van der Waals surface area contributed by atoms with E-state index in [0.29, 0.717) is 23.5 Å². The van der Waals surface area contributed by atoms with Crippen molar-refractivity contribution in [3.8, 4) is 0 Å². The molecule has 6 nitrogen and oxygen atoms in total. The molecule has 0 fully saturated rings. The molecular formula is C14H13N3O3S. The van der Waals surface area contributed by atoms with Gasteiger partial charge in [0.05, 0.1) is 11.3 Å². The Kier molecular flexibility index (Phi) is 3.34. The summed E-state index contributed by atoms with van der Waals surface area (Å²) in [5, 5.41) is 19.0. The molecule has 0 bridgehead atoms.